The Morgan fingerprint density at radius 1 is 0.839 bits per heavy atom. The van der Waals surface area contributed by atoms with Gasteiger partial charge in [-0.1, -0.05) is 23.8 Å². The molecule has 3 aromatic rings. The van der Waals surface area contributed by atoms with Gasteiger partial charge in [0.1, 0.15) is 5.75 Å². The van der Waals surface area contributed by atoms with Crippen molar-refractivity contribution in [2.24, 2.45) is 0 Å². The second kappa shape index (κ2) is 9.80. The summed E-state index contributed by atoms with van der Waals surface area (Å²) in [4.78, 5) is 26.3. The second-order valence-electron chi connectivity index (χ2n) is 7.14. The highest BCUT2D eigenvalue weighted by Crippen LogP contribution is 2.28. The zero-order valence-corrected chi connectivity index (χ0v) is 18.0. The zero-order valence-electron chi connectivity index (χ0n) is 18.0. The average Bonchev–Trinajstić information content (AvgIpc) is 2.78. The standard InChI is InChI=1S/C25H25NO5/c1-17-5-8-19(9-6-17)25(28)26(3)20-10-12-21(13-11-20)31-24(27)16-30-22-14-7-18(2)15-23(22)29-4/h5-15H,16H2,1-4H3. The molecule has 0 aliphatic rings. The highest BCUT2D eigenvalue weighted by atomic mass is 16.6. The number of benzene rings is 3. The summed E-state index contributed by atoms with van der Waals surface area (Å²) in [6, 6.07) is 19.6. The first-order chi connectivity index (χ1) is 14.9. The highest BCUT2D eigenvalue weighted by Gasteiger charge is 2.14. The van der Waals surface area contributed by atoms with Crippen LogP contribution in [0.3, 0.4) is 0 Å². The maximum Gasteiger partial charge on any atom is 0.349 e. The number of nitrogens with zero attached hydrogens (tertiary/aromatic N) is 1. The van der Waals surface area contributed by atoms with E-state index in [2.05, 4.69) is 0 Å². The number of rotatable bonds is 7. The van der Waals surface area contributed by atoms with E-state index in [0.717, 1.165) is 11.1 Å². The molecular formula is C25H25NO5. The molecule has 6 heteroatoms. The molecule has 31 heavy (non-hydrogen) atoms. The number of methoxy groups -OCH3 is 1. The molecule has 0 spiro atoms. The van der Waals surface area contributed by atoms with E-state index in [4.69, 9.17) is 14.2 Å². The molecule has 1 amide bonds. The van der Waals surface area contributed by atoms with Crippen molar-refractivity contribution in [1.82, 2.24) is 0 Å². The van der Waals surface area contributed by atoms with E-state index < -0.39 is 5.97 Å². The molecule has 3 aromatic carbocycles. The lowest BCUT2D eigenvalue weighted by Gasteiger charge is -2.18. The summed E-state index contributed by atoms with van der Waals surface area (Å²) in [5.41, 5.74) is 3.41. The molecule has 6 nitrogen and oxygen atoms in total. The summed E-state index contributed by atoms with van der Waals surface area (Å²) in [7, 11) is 3.24. The third-order valence-electron chi connectivity index (χ3n) is 4.72. The minimum Gasteiger partial charge on any atom is -0.493 e. The molecule has 0 aromatic heterocycles. The number of esters is 1. The van der Waals surface area contributed by atoms with Crippen molar-refractivity contribution in [1.29, 1.82) is 0 Å². The van der Waals surface area contributed by atoms with E-state index in [1.807, 2.05) is 38.1 Å². The molecule has 0 aliphatic carbocycles. The van der Waals surface area contributed by atoms with E-state index in [9.17, 15) is 9.59 Å². The Morgan fingerprint density at radius 3 is 2.13 bits per heavy atom. The number of carbonyl (C=O) groups is 2. The van der Waals surface area contributed by atoms with E-state index >= 15 is 0 Å². The summed E-state index contributed by atoms with van der Waals surface area (Å²) in [6.45, 7) is 3.66. The van der Waals surface area contributed by atoms with Gasteiger partial charge in [0.25, 0.3) is 5.91 Å². The Bertz CT molecular complexity index is 1060. The van der Waals surface area contributed by atoms with E-state index in [-0.39, 0.29) is 12.5 Å². The molecule has 160 valence electrons. The van der Waals surface area contributed by atoms with Gasteiger partial charge < -0.3 is 19.1 Å². The van der Waals surface area contributed by atoms with Crippen LogP contribution in [0.5, 0.6) is 17.2 Å². The van der Waals surface area contributed by atoms with Crippen molar-refractivity contribution >= 4 is 17.6 Å². The molecule has 0 N–H and O–H groups in total. The fourth-order valence-corrected chi connectivity index (χ4v) is 2.94. The number of hydrogen-bond acceptors (Lipinski definition) is 5. The predicted octanol–water partition coefficient (Wildman–Crippen LogP) is 4.57. The van der Waals surface area contributed by atoms with Gasteiger partial charge in [0, 0.05) is 18.3 Å². The maximum absolute atomic E-state index is 12.6. The number of ether oxygens (including phenoxy) is 3. The lowest BCUT2D eigenvalue weighted by Crippen LogP contribution is -2.26. The Balaban J connectivity index is 1.58. The summed E-state index contributed by atoms with van der Waals surface area (Å²) in [5, 5.41) is 0. The monoisotopic (exact) mass is 419 g/mol. The Morgan fingerprint density at radius 2 is 1.48 bits per heavy atom. The van der Waals surface area contributed by atoms with Crippen molar-refractivity contribution in [2.45, 2.75) is 13.8 Å². The predicted molar refractivity (Wildman–Crippen MR) is 119 cm³/mol. The Labute approximate surface area is 182 Å². The van der Waals surface area contributed by atoms with Crippen molar-refractivity contribution in [3.05, 3.63) is 83.4 Å². The quantitative estimate of drug-likeness (QED) is 0.415. The molecule has 0 aliphatic heterocycles. The van der Waals surface area contributed by atoms with Crippen LogP contribution in [0.15, 0.2) is 66.7 Å². The highest BCUT2D eigenvalue weighted by molar-refractivity contribution is 6.05. The van der Waals surface area contributed by atoms with Crippen molar-refractivity contribution in [2.75, 3.05) is 25.7 Å². The third-order valence-corrected chi connectivity index (χ3v) is 4.72. The van der Waals surface area contributed by atoms with Crippen LogP contribution < -0.4 is 19.1 Å². The van der Waals surface area contributed by atoms with Crippen LogP contribution in [0.4, 0.5) is 5.69 Å². The van der Waals surface area contributed by atoms with E-state index in [1.54, 1.807) is 61.5 Å². The third kappa shape index (κ3) is 5.63. The van der Waals surface area contributed by atoms with Gasteiger partial charge in [-0.05, 0) is 67.9 Å². The minimum atomic E-state index is -0.542. The maximum atomic E-state index is 12.6. The molecule has 0 unspecified atom stereocenters. The van der Waals surface area contributed by atoms with Crippen molar-refractivity contribution in [3.8, 4) is 17.2 Å². The normalized spacial score (nSPS) is 10.3. The molecule has 0 atom stereocenters. The SMILES string of the molecule is COc1cc(C)ccc1OCC(=O)Oc1ccc(N(C)C(=O)c2ccc(C)cc2)cc1. The molecule has 0 saturated carbocycles. The van der Waals surface area contributed by atoms with Crippen LogP contribution in [0.2, 0.25) is 0 Å². The van der Waals surface area contributed by atoms with Crippen molar-refractivity contribution < 1.29 is 23.8 Å². The molecule has 0 heterocycles. The van der Waals surface area contributed by atoms with Gasteiger partial charge >= 0.3 is 5.97 Å². The molecule has 0 fully saturated rings. The van der Waals surface area contributed by atoms with Crippen LogP contribution in [-0.4, -0.2) is 32.6 Å². The number of carbonyl (C=O) groups excluding carboxylic acids is 2. The first kappa shape index (κ1) is 21.9. The molecular weight excluding hydrogens is 394 g/mol. The first-order valence-corrected chi connectivity index (χ1v) is 9.80. The zero-order chi connectivity index (χ0) is 22.4. The van der Waals surface area contributed by atoms with Crippen LogP contribution in [-0.2, 0) is 4.79 Å². The summed E-state index contributed by atoms with van der Waals surface area (Å²) in [6.07, 6.45) is 0. The van der Waals surface area contributed by atoms with Gasteiger partial charge in [-0.25, -0.2) is 4.79 Å². The van der Waals surface area contributed by atoms with E-state index in [0.29, 0.717) is 28.5 Å². The smallest absolute Gasteiger partial charge is 0.349 e. The summed E-state index contributed by atoms with van der Waals surface area (Å²) in [5.74, 6) is 0.726. The lowest BCUT2D eigenvalue weighted by molar-refractivity contribution is -0.136. The van der Waals surface area contributed by atoms with E-state index in [1.165, 1.54) is 0 Å². The minimum absolute atomic E-state index is 0.120. The van der Waals surface area contributed by atoms with Gasteiger partial charge in [-0.2, -0.15) is 0 Å². The van der Waals surface area contributed by atoms with Gasteiger partial charge in [-0.15, -0.1) is 0 Å². The fraction of sp³-hybridized carbons (Fsp3) is 0.200. The van der Waals surface area contributed by atoms with Gasteiger partial charge in [0.2, 0.25) is 0 Å². The molecule has 0 saturated heterocycles. The van der Waals surface area contributed by atoms with Gasteiger partial charge in [-0.3, -0.25) is 4.79 Å². The fourth-order valence-electron chi connectivity index (χ4n) is 2.94. The number of hydrogen-bond donors (Lipinski definition) is 0. The Hall–Kier alpha value is -3.80. The van der Waals surface area contributed by atoms with Crippen LogP contribution in [0.25, 0.3) is 0 Å². The lowest BCUT2D eigenvalue weighted by atomic mass is 10.1. The molecule has 0 radical (unpaired) electrons. The van der Waals surface area contributed by atoms with Gasteiger partial charge in [0.15, 0.2) is 18.1 Å². The number of anilines is 1. The largest absolute Gasteiger partial charge is 0.493 e. The second-order valence-corrected chi connectivity index (χ2v) is 7.14. The average molecular weight is 419 g/mol. The van der Waals surface area contributed by atoms with Gasteiger partial charge in [0.05, 0.1) is 7.11 Å². The van der Waals surface area contributed by atoms with Crippen LogP contribution in [0, 0.1) is 13.8 Å². The van der Waals surface area contributed by atoms with Crippen molar-refractivity contribution in [3.63, 3.8) is 0 Å². The number of aryl methyl sites for hydroxylation is 2. The first-order valence-electron chi connectivity index (χ1n) is 9.80. The summed E-state index contributed by atoms with van der Waals surface area (Å²) < 4.78 is 16.1. The Kier molecular flexibility index (Phi) is 6.92. The molecule has 0 bridgehead atoms. The topological polar surface area (TPSA) is 65.1 Å². The summed E-state index contributed by atoms with van der Waals surface area (Å²) >= 11 is 0. The van der Waals surface area contributed by atoms with Crippen LogP contribution in [0.1, 0.15) is 21.5 Å². The molecule has 3 rings (SSSR count). The number of amides is 1. The van der Waals surface area contributed by atoms with Crippen LogP contribution >= 0.6 is 0 Å².